The van der Waals surface area contributed by atoms with Gasteiger partial charge in [-0.25, -0.2) is 0 Å². The number of nitrogens with two attached hydrogens (primary N) is 1. The summed E-state index contributed by atoms with van der Waals surface area (Å²) in [4.78, 5) is 24.8. The maximum atomic E-state index is 12.6. The third-order valence-corrected chi connectivity index (χ3v) is 7.94. The van der Waals surface area contributed by atoms with Crippen LogP contribution in [0.25, 0.3) is 0 Å². The van der Waals surface area contributed by atoms with E-state index in [4.69, 9.17) is 12.2 Å². The van der Waals surface area contributed by atoms with Crippen LogP contribution in [-0.4, -0.2) is 11.6 Å². The number of Topliss-reactive ketones (excluding diaryl/α,β-unsaturated/α-hetero) is 2. The molecule has 2 fully saturated rings. The van der Waals surface area contributed by atoms with Gasteiger partial charge in [-0.05, 0) is 54.4 Å². The first kappa shape index (κ1) is 16.6. The number of hydrogen-bond donors (Lipinski definition) is 1. The number of terminal acetylenes is 1. The Labute approximate surface area is 150 Å². The Morgan fingerprint density at radius 2 is 1.88 bits per heavy atom. The van der Waals surface area contributed by atoms with Crippen LogP contribution < -0.4 is 5.73 Å². The minimum absolute atomic E-state index is 0.0618. The standard InChI is InChI=1S/C22H27NO2/c1-4-5-13-12-16-20(23)17(24)9-11-21(16,2)15-8-10-22(3)14(19(13)15)6-7-18(22)25/h1,12,14-15,19H,5-11,23H2,2-3H3/t14-,15-,19-,21+,22-/m0/s1. The van der Waals surface area contributed by atoms with Gasteiger partial charge in [-0.1, -0.05) is 25.5 Å². The number of fused-ring (bicyclic) bond motifs is 5. The molecule has 3 nitrogen and oxygen atoms in total. The second-order valence-corrected chi connectivity index (χ2v) is 8.92. The molecule has 0 saturated heterocycles. The maximum absolute atomic E-state index is 12.6. The van der Waals surface area contributed by atoms with E-state index in [9.17, 15) is 9.59 Å². The zero-order valence-corrected chi connectivity index (χ0v) is 15.2. The van der Waals surface area contributed by atoms with Crippen molar-refractivity contribution >= 4 is 11.6 Å². The van der Waals surface area contributed by atoms with Gasteiger partial charge in [-0.15, -0.1) is 12.3 Å². The van der Waals surface area contributed by atoms with Crippen molar-refractivity contribution in [1.29, 1.82) is 0 Å². The van der Waals surface area contributed by atoms with E-state index in [-0.39, 0.29) is 16.6 Å². The molecular weight excluding hydrogens is 310 g/mol. The highest BCUT2D eigenvalue weighted by molar-refractivity contribution is 5.97. The predicted octanol–water partition coefficient (Wildman–Crippen LogP) is 3.54. The molecule has 0 aliphatic heterocycles. The van der Waals surface area contributed by atoms with Crippen molar-refractivity contribution in [2.45, 2.75) is 58.8 Å². The molecule has 25 heavy (non-hydrogen) atoms. The molecule has 2 saturated carbocycles. The lowest BCUT2D eigenvalue weighted by Gasteiger charge is -2.56. The predicted molar refractivity (Wildman–Crippen MR) is 97.1 cm³/mol. The van der Waals surface area contributed by atoms with Gasteiger partial charge in [-0.2, -0.15) is 0 Å². The van der Waals surface area contributed by atoms with Crippen molar-refractivity contribution in [1.82, 2.24) is 0 Å². The molecule has 0 aromatic carbocycles. The second-order valence-electron chi connectivity index (χ2n) is 8.92. The first-order valence-corrected chi connectivity index (χ1v) is 9.53. The second kappa shape index (κ2) is 5.34. The lowest BCUT2D eigenvalue weighted by atomic mass is 9.47. The largest absolute Gasteiger partial charge is 0.396 e. The van der Waals surface area contributed by atoms with Crippen molar-refractivity contribution in [2.75, 3.05) is 0 Å². The van der Waals surface area contributed by atoms with Gasteiger partial charge in [-0.3, -0.25) is 9.59 Å². The van der Waals surface area contributed by atoms with Crippen LogP contribution in [0.3, 0.4) is 0 Å². The molecule has 0 aromatic heterocycles. The van der Waals surface area contributed by atoms with E-state index < -0.39 is 0 Å². The number of hydrogen-bond acceptors (Lipinski definition) is 3. The zero-order chi connectivity index (χ0) is 18.0. The number of allylic oxidation sites excluding steroid dienone is 4. The molecule has 0 aromatic rings. The van der Waals surface area contributed by atoms with Crippen molar-refractivity contribution in [3.63, 3.8) is 0 Å². The molecule has 4 aliphatic rings. The van der Waals surface area contributed by atoms with E-state index >= 15 is 0 Å². The Bertz CT molecular complexity index is 767. The van der Waals surface area contributed by atoms with Crippen molar-refractivity contribution in [3.8, 4) is 12.3 Å². The number of ketones is 2. The van der Waals surface area contributed by atoms with Crippen LogP contribution >= 0.6 is 0 Å². The van der Waals surface area contributed by atoms with Gasteiger partial charge >= 0.3 is 0 Å². The Balaban J connectivity index is 1.89. The van der Waals surface area contributed by atoms with Gasteiger partial charge < -0.3 is 5.73 Å². The van der Waals surface area contributed by atoms with Gasteiger partial charge in [0, 0.05) is 24.7 Å². The Hall–Kier alpha value is -1.82. The molecule has 4 rings (SSSR count). The van der Waals surface area contributed by atoms with Crippen molar-refractivity contribution in [3.05, 3.63) is 22.9 Å². The van der Waals surface area contributed by atoms with Crippen LogP contribution in [-0.2, 0) is 9.59 Å². The normalized spacial score (nSPS) is 43.1. The van der Waals surface area contributed by atoms with E-state index in [1.54, 1.807) is 0 Å². The molecule has 4 aliphatic carbocycles. The molecule has 0 amide bonds. The van der Waals surface area contributed by atoms with Gasteiger partial charge in [0.15, 0.2) is 5.78 Å². The topological polar surface area (TPSA) is 60.2 Å². The van der Waals surface area contributed by atoms with Gasteiger partial charge in [0.25, 0.3) is 0 Å². The van der Waals surface area contributed by atoms with E-state index in [1.807, 2.05) is 0 Å². The van der Waals surface area contributed by atoms with E-state index in [0.29, 0.717) is 48.5 Å². The van der Waals surface area contributed by atoms with Crippen LogP contribution in [0.4, 0.5) is 0 Å². The summed E-state index contributed by atoms with van der Waals surface area (Å²) in [5.41, 5.74) is 8.66. The van der Waals surface area contributed by atoms with Crippen LogP contribution in [0.15, 0.2) is 22.9 Å². The highest BCUT2D eigenvalue weighted by Crippen LogP contribution is 2.64. The number of rotatable bonds is 1. The fourth-order valence-corrected chi connectivity index (χ4v) is 6.44. The quantitative estimate of drug-likeness (QED) is 0.745. The summed E-state index contributed by atoms with van der Waals surface area (Å²) in [5.74, 6) is 4.49. The third kappa shape index (κ3) is 2.06. The number of carbonyl (C=O) groups is 2. The average molecular weight is 337 g/mol. The van der Waals surface area contributed by atoms with E-state index in [1.165, 1.54) is 5.57 Å². The summed E-state index contributed by atoms with van der Waals surface area (Å²) in [7, 11) is 0. The van der Waals surface area contributed by atoms with Crippen LogP contribution in [0.5, 0.6) is 0 Å². The molecule has 0 radical (unpaired) electrons. The lowest BCUT2D eigenvalue weighted by molar-refractivity contribution is -0.130. The molecule has 132 valence electrons. The van der Waals surface area contributed by atoms with Gasteiger partial charge in [0.2, 0.25) is 0 Å². The molecule has 0 bridgehead atoms. The monoisotopic (exact) mass is 337 g/mol. The molecule has 0 unspecified atom stereocenters. The molecule has 5 atom stereocenters. The summed E-state index contributed by atoms with van der Waals surface area (Å²) in [5, 5.41) is 0. The molecule has 2 N–H and O–H groups in total. The van der Waals surface area contributed by atoms with Crippen molar-refractivity contribution < 1.29 is 9.59 Å². The SMILES string of the molecule is C#CCC1=CC2=C(N)C(=O)CC[C@]2(C)[C@H]2CC[C@]3(C)C(=O)CC[C@H]3[C@H]12. The highest BCUT2D eigenvalue weighted by Gasteiger charge is 2.60. The molecule has 0 heterocycles. The first-order chi connectivity index (χ1) is 11.8. The minimum Gasteiger partial charge on any atom is -0.396 e. The average Bonchev–Trinajstić information content (AvgIpc) is 2.89. The Morgan fingerprint density at radius 1 is 1.16 bits per heavy atom. The molecule has 3 heteroatoms. The summed E-state index contributed by atoms with van der Waals surface area (Å²) in [6.07, 6.45) is 13.4. The molecule has 0 spiro atoms. The third-order valence-electron chi connectivity index (χ3n) is 7.94. The van der Waals surface area contributed by atoms with Crippen LogP contribution in [0, 0.1) is 40.9 Å². The fraction of sp³-hybridized carbons (Fsp3) is 0.636. The highest BCUT2D eigenvalue weighted by atomic mass is 16.1. The minimum atomic E-state index is -0.192. The smallest absolute Gasteiger partial charge is 0.178 e. The Kier molecular flexibility index (Phi) is 3.55. The van der Waals surface area contributed by atoms with Gasteiger partial charge in [0.1, 0.15) is 5.78 Å². The van der Waals surface area contributed by atoms with E-state index in [0.717, 1.165) is 31.3 Å². The van der Waals surface area contributed by atoms with Crippen LogP contribution in [0.1, 0.15) is 58.8 Å². The van der Waals surface area contributed by atoms with Crippen molar-refractivity contribution in [2.24, 2.45) is 34.3 Å². The first-order valence-electron chi connectivity index (χ1n) is 9.53. The fourth-order valence-electron chi connectivity index (χ4n) is 6.44. The van der Waals surface area contributed by atoms with E-state index in [2.05, 4.69) is 25.8 Å². The maximum Gasteiger partial charge on any atom is 0.178 e. The summed E-state index contributed by atoms with van der Waals surface area (Å²) in [6, 6.07) is 0. The number of carbonyl (C=O) groups excluding carboxylic acids is 2. The summed E-state index contributed by atoms with van der Waals surface area (Å²) >= 11 is 0. The van der Waals surface area contributed by atoms with Gasteiger partial charge in [0.05, 0.1) is 5.70 Å². The Morgan fingerprint density at radius 3 is 2.60 bits per heavy atom. The summed E-state index contributed by atoms with van der Waals surface area (Å²) in [6.45, 7) is 4.45. The molecular formula is C22H27NO2. The lowest BCUT2D eigenvalue weighted by Crippen LogP contribution is -2.51. The zero-order valence-electron chi connectivity index (χ0n) is 15.2. The van der Waals surface area contributed by atoms with Crippen LogP contribution in [0.2, 0.25) is 0 Å². The summed E-state index contributed by atoms with van der Waals surface area (Å²) < 4.78 is 0.